The molecule has 0 aliphatic carbocycles. The van der Waals surface area contributed by atoms with Gasteiger partial charge in [0.25, 0.3) is 0 Å². The number of benzene rings is 1. The van der Waals surface area contributed by atoms with Gasteiger partial charge in [0, 0.05) is 31.6 Å². The zero-order valence-corrected chi connectivity index (χ0v) is 15.9. The molecule has 0 unspecified atom stereocenters. The maximum absolute atomic E-state index is 12.7. The largest absolute Gasteiger partial charge is 0.378 e. The fourth-order valence-electron chi connectivity index (χ4n) is 3.90. The second-order valence-electron chi connectivity index (χ2n) is 7.44. The van der Waals surface area contributed by atoms with Crippen LogP contribution in [0.1, 0.15) is 12.1 Å². The van der Waals surface area contributed by atoms with Gasteiger partial charge in [-0.25, -0.2) is 0 Å². The van der Waals surface area contributed by atoms with Crippen molar-refractivity contribution >= 4 is 22.7 Å². The number of hydrogen-bond acceptors (Lipinski definition) is 5. The fraction of sp³-hybridized carbons (Fsp3) is 0.476. The Morgan fingerprint density at radius 2 is 1.89 bits per heavy atom. The number of ether oxygens (including phenoxy) is 1. The SMILES string of the molecule is O=C(NCc1ccc2ccccc2n1)[C@H]1CNC[C@@H](C(=O)N2CCOCC2)C1. The van der Waals surface area contributed by atoms with Crippen molar-refractivity contribution in [3.8, 4) is 0 Å². The summed E-state index contributed by atoms with van der Waals surface area (Å²) in [6.45, 7) is 4.08. The quantitative estimate of drug-likeness (QED) is 0.822. The van der Waals surface area contributed by atoms with Crippen LogP contribution in [-0.4, -0.2) is 61.1 Å². The Hall–Kier alpha value is -2.51. The number of amides is 2. The summed E-state index contributed by atoms with van der Waals surface area (Å²) in [5.41, 5.74) is 1.75. The lowest BCUT2D eigenvalue weighted by atomic mass is 9.88. The monoisotopic (exact) mass is 382 g/mol. The highest BCUT2D eigenvalue weighted by molar-refractivity contribution is 5.83. The molecule has 7 nitrogen and oxygen atoms in total. The zero-order chi connectivity index (χ0) is 19.3. The molecule has 0 radical (unpaired) electrons. The number of fused-ring (bicyclic) bond motifs is 1. The predicted molar refractivity (Wildman–Crippen MR) is 105 cm³/mol. The van der Waals surface area contributed by atoms with Gasteiger partial charge in [0.2, 0.25) is 11.8 Å². The molecule has 2 atom stereocenters. The molecule has 0 spiro atoms. The molecule has 2 aliphatic heterocycles. The van der Waals surface area contributed by atoms with Gasteiger partial charge < -0.3 is 20.3 Å². The van der Waals surface area contributed by atoms with Gasteiger partial charge >= 0.3 is 0 Å². The molecule has 148 valence electrons. The van der Waals surface area contributed by atoms with Gasteiger partial charge in [0.15, 0.2) is 0 Å². The normalized spacial score (nSPS) is 22.8. The van der Waals surface area contributed by atoms with E-state index in [9.17, 15) is 9.59 Å². The van der Waals surface area contributed by atoms with Gasteiger partial charge in [-0.2, -0.15) is 0 Å². The molecule has 2 aliphatic rings. The van der Waals surface area contributed by atoms with E-state index in [-0.39, 0.29) is 23.7 Å². The Balaban J connectivity index is 1.32. The molecule has 2 amide bonds. The average Bonchev–Trinajstić information content (AvgIpc) is 2.77. The minimum atomic E-state index is -0.204. The minimum absolute atomic E-state index is 0.0260. The lowest BCUT2D eigenvalue weighted by Crippen LogP contribution is -2.51. The van der Waals surface area contributed by atoms with E-state index in [1.165, 1.54) is 0 Å². The number of para-hydroxylation sites is 1. The Labute approximate surface area is 164 Å². The number of rotatable bonds is 4. The molecule has 7 heteroatoms. The molecule has 2 N–H and O–H groups in total. The summed E-state index contributed by atoms with van der Waals surface area (Å²) in [4.78, 5) is 31.8. The van der Waals surface area contributed by atoms with Crippen molar-refractivity contribution in [3.63, 3.8) is 0 Å². The van der Waals surface area contributed by atoms with Crippen molar-refractivity contribution in [2.75, 3.05) is 39.4 Å². The van der Waals surface area contributed by atoms with Gasteiger partial charge in [-0.1, -0.05) is 24.3 Å². The zero-order valence-electron chi connectivity index (χ0n) is 15.9. The third kappa shape index (κ3) is 4.31. The van der Waals surface area contributed by atoms with Crippen LogP contribution in [0.2, 0.25) is 0 Å². The molecule has 0 saturated carbocycles. The van der Waals surface area contributed by atoms with Crippen LogP contribution in [0.3, 0.4) is 0 Å². The lowest BCUT2D eigenvalue weighted by molar-refractivity contribution is -0.141. The molecule has 2 saturated heterocycles. The highest BCUT2D eigenvalue weighted by Gasteiger charge is 2.33. The molecule has 2 fully saturated rings. The molecule has 1 aromatic heterocycles. The van der Waals surface area contributed by atoms with E-state index in [4.69, 9.17) is 4.74 Å². The summed E-state index contributed by atoms with van der Waals surface area (Å²) in [6, 6.07) is 11.9. The second-order valence-corrected chi connectivity index (χ2v) is 7.44. The van der Waals surface area contributed by atoms with Crippen molar-refractivity contribution in [1.82, 2.24) is 20.5 Å². The van der Waals surface area contributed by atoms with E-state index in [0.29, 0.717) is 52.4 Å². The first-order valence-corrected chi connectivity index (χ1v) is 9.90. The third-order valence-corrected chi connectivity index (χ3v) is 5.49. The molecule has 28 heavy (non-hydrogen) atoms. The van der Waals surface area contributed by atoms with Gasteiger partial charge in [-0.05, 0) is 18.6 Å². The summed E-state index contributed by atoms with van der Waals surface area (Å²) < 4.78 is 5.32. The maximum Gasteiger partial charge on any atom is 0.227 e. The van der Waals surface area contributed by atoms with Gasteiger partial charge in [0.1, 0.15) is 0 Å². The van der Waals surface area contributed by atoms with Crippen LogP contribution >= 0.6 is 0 Å². The Kier molecular flexibility index (Phi) is 5.83. The Bertz CT molecular complexity index is 850. The van der Waals surface area contributed by atoms with Crippen molar-refractivity contribution < 1.29 is 14.3 Å². The van der Waals surface area contributed by atoms with E-state index in [2.05, 4.69) is 15.6 Å². The molecule has 4 rings (SSSR count). The summed E-state index contributed by atoms with van der Waals surface area (Å²) in [7, 11) is 0. The number of morpholine rings is 1. The molecular weight excluding hydrogens is 356 g/mol. The lowest BCUT2D eigenvalue weighted by Gasteiger charge is -2.34. The fourth-order valence-corrected chi connectivity index (χ4v) is 3.90. The highest BCUT2D eigenvalue weighted by atomic mass is 16.5. The van der Waals surface area contributed by atoms with Gasteiger partial charge in [-0.15, -0.1) is 0 Å². The first kappa shape index (κ1) is 18.8. The first-order chi connectivity index (χ1) is 13.7. The number of carbonyl (C=O) groups is 2. The van der Waals surface area contributed by atoms with E-state index < -0.39 is 0 Å². The Morgan fingerprint density at radius 3 is 2.75 bits per heavy atom. The second kappa shape index (κ2) is 8.67. The molecule has 3 heterocycles. The van der Waals surface area contributed by atoms with Crippen LogP contribution < -0.4 is 10.6 Å². The Morgan fingerprint density at radius 1 is 1.11 bits per heavy atom. The minimum Gasteiger partial charge on any atom is -0.378 e. The smallest absolute Gasteiger partial charge is 0.227 e. The number of nitrogens with zero attached hydrogens (tertiary/aromatic N) is 2. The number of carbonyl (C=O) groups excluding carboxylic acids is 2. The van der Waals surface area contributed by atoms with E-state index in [1.807, 2.05) is 41.3 Å². The predicted octanol–water partition coefficient (Wildman–Crippen LogP) is 0.935. The standard InChI is InChI=1S/C21H26N4O3/c26-20(23-14-18-6-5-15-3-1-2-4-19(15)24-18)16-11-17(13-22-12-16)21(27)25-7-9-28-10-8-25/h1-6,16-17,22H,7-14H2,(H,23,26)/t16-,17+/m1/s1. The van der Waals surface area contributed by atoms with Crippen LogP contribution in [0.25, 0.3) is 10.9 Å². The number of aromatic nitrogens is 1. The van der Waals surface area contributed by atoms with Crippen LogP contribution in [0, 0.1) is 11.8 Å². The van der Waals surface area contributed by atoms with Crippen molar-refractivity contribution in [1.29, 1.82) is 0 Å². The van der Waals surface area contributed by atoms with Crippen LogP contribution in [0.5, 0.6) is 0 Å². The third-order valence-electron chi connectivity index (χ3n) is 5.49. The molecule has 0 bridgehead atoms. The van der Waals surface area contributed by atoms with E-state index in [0.717, 1.165) is 16.6 Å². The summed E-state index contributed by atoms with van der Waals surface area (Å²) in [5, 5.41) is 7.32. The average molecular weight is 382 g/mol. The number of pyridine rings is 1. The summed E-state index contributed by atoms with van der Waals surface area (Å²) in [6.07, 6.45) is 0.584. The van der Waals surface area contributed by atoms with Crippen LogP contribution in [0.4, 0.5) is 0 Å². The summed E-state index contributed by atoms with van der Waals surface area (Å²) in [5.74, 6) is -0.253. The molecular formula is C21H26N4O3. The number of nitrogens with one attached hydrogen (secondary N) is 2. The molecule has 2 aromatic rings. The molecule has 1 aromatic carbocycles. The van der Waals surface area contributed by atoms with Crippen molar-refractivity contribution in [2.45, 2.75) is 13.0 Å². The number of piperidine rings is 1. The first-order valence-electron chi connectivity index (χ1n) is 9.90. The number of hydrogen-bond donors (Lipinski definition) is 2. The summed E-state index contributed by atoms with van der Waals surface area (Å²) >= 11 is 0. The maximum atomic E-state index is 12.7. The van der Waals surface area contributed by atoms with Crippen LogP contribution in [-0.2, 0) is 20.9 Å². The van der Waals surface area contributed by atoms with Gasteiger partial charge in [-0.3, -0.25) is 14.6 Å². The van der Waals surface area contributed by atoms with Gasteiger partial charge in [0.05, 0.1) is 42.8 Å². The topological polar surface area (TPSA) is 83.6 Å². The van der Waals surface area contributed by atoms with Crippen molar-refractivity contribution in [3.05, 3.63) is 42.1 Å². The van der Waals surface area contributed by atoms with E-state index in [1.54, 1.807) is 0 Å². The highest BCUT2D eigenvalue weighted by Crippen LogP contribution is 2.20. The van der Waals surface area contributed by atoms with E-state index >= 15 is 0 Å². The van der Waals surface area contributed by atoms with Crippen LogP contribution in [0.15, 0.2) is 36.4 Å². The van der Waals surface area contributed by atoms with Crippen molar-refractivity contribution in [2.24, 2.45) is 11.8 Å².